The Balaban J connectivity index is 1.84. The second-order valence-corrected chi connectivity index (χ2v) is 11.2. The molecule has 0 N–H and O–H groups in total. The summed E-state index contributed by atoms with van der Waals surface area (Å²) in [5.41, 5.74) is 0.441. The summed E-state index contributed by atoms with van der Waals surface area (Å²) >= 11 is 0. The zero-order valence-electron chi connectivity index (χ0n) is 24.7. The molecule has 0 saturated carbocycles. The van der Waals surface area contributed by atoms with E-state index in [0.717, 1.165) is 5.56 Å². The molecule has 0 radical (unpaired) electrons. The Hall–Kier alpha value is -4.54. The SMILES string of the molecule is C=CC(=O)N1C[C@H](C)N(c2nc(=O)n(-c3c(C)ccnc3C(C)C)c3nc(-c4ccccc4C(F)F)c(F)cc23)C[C@H]1C. The zero-order chi connectivity index (χ0) is 31.2. The highest BCUT2D eigenvalue weighted by molar-refractivity contribution is 5.91. The third kappa shape index (κ3) is 5.28. The summed E-state index contributed by atoms with van der Waals surface area (Å²) in [6.07, 6.45) is 0.0375. The van der Waals surface area contributed by atoms with Gasteiger partial charge in [-0.2, -0.15) is 4.98 Å². The van der Waals surface area contributed by atoms with E-state index in [0.29, 0.717) is 24.5 Å². The lowest BCUT2D eigenvalue weighted by molar-refractivity contribution is -0.128. The summed E-state index contributed by atoms with van der Waals surface area (Å²) < 4.78 is 45.3. The quantitative estimate of drug-likeness (QED) is 0.258. The van der Waals surface area contributed by atoms with Crippen molar-refractivity contribution in [1.29, 1.82) is 0 Å². The number of hydrogen-bond acceptors (Lipinski definition) is 6. The lowest BCUT2D eigenvalue weighted by Gasteiger charge is -2.44. The van der Waals surface area contributed by atoms with Gasteiger partial charge in [-0.3, -0.25) is 9.78 Å². The minimum absolute atomic E-state index is 0.0675. The summed E-state index contributed by atoms with van der Waals surface area (Å²) in [7, 11) is 0. The third-order valence-corrected chi connectivity index (χ3v) is 7.89. The second kappa shape index (κ2) is 11.6. The van der Waals surface area contributed by atoms with Gasteiger partial charge < -0.3 is 9.80 Å². The predicted molar refractivity (Wildman–Crippen MR) is 160 cm³/mol. The Kier molecular flexibility index (Phi) is 8.09. The molecule has 1 aliphatic rings. The number of nitrogens with zero attached hydrogens (tertiary/aromatic N) is 6. The number of carbonyl (C=O) groups is 1. The Morgan fingerprint density at radius 1 is 1.09 bits per heavy atom. The van der Waals surface area contributed by atoms with E-state index in [1.165, 1.54) is 41.0 Å². The first-order valence-electron chi connectivity index (χ1n) is 14.1. The van der Waals surface area contributed by atoms with Crippen LogP contribution in [0.1, 0.15) is 56.9 Å². The van der Waals surface area contributed by atoms with Crippen LogP contribution in [-0.4, -0.2) is 55.5 Å². The number of piperazine rings is 1. The van der Waals surface area contributed by atoms with Gasteiger partial charge in [0.05, 0.1) is 16.8 Å². The average Bonchev–Trinajstić information content (AvgIpc) is 2.97. The number of benzene rings is 1. The van der Waals surface area contributed by atoms with Gasteiger partial charge in [0.25, 0.3) is 6.43 Å². The molecule has 0 spiro atoms. The molecule has 11 heteroatoms. The molecule has 0 aliphatic carbocycles. The number of hydrogen-bond donors (Lipinski definition) is 0. The Morgan fingerprint density at radius 2 is 1.81 bits per heavy atom. The minimum atomic E-state index is -2.87. The Labute approximate surface area is 247 Å². The monoisotopic (exact) mass is 590 g/mol. The van der Waals surface area contributed by atoms with Crippen LogP contribution in [0.3, 0.4) is 0 Å². The summed E-state index contributed by atoms with van der Waals surface area (Å²) in [5, 5.41) is 0.232. The molecular formula is C32H33F3N6O2. The van der Waals surface area contributed by atoms with E-state index in [1.807, 2.05) is 39.5 Å². The van der Waals surface area contributed by atoms with Crippen molar-refractivity contribution >= 4 is 22.8 Å². The number of pyridine rings is 2. The van der Waals surface area contributed by atoms with Crippen molar-refractivity contribution in [2.45, 2.75) is 59.0 Å². The molecule has 1 saturated heterocycles. The molecule has 0 unspecified atom stereocenters. The number of carbonyl (C=O) groups excluding carboxylic acids is 1. The van der Waals surface area contributed by atoms with Crippen molar-refractivity contribution in [2.75, 3.05) is 18.0 Å². The van der Waals surface area contributed by atoms with Crippen LogP contribution in [0.25, 0.3) is 28.0 Å². The molecule has 1 aliphatic heterocycles. The zero-order valence-corrected chi connectivity index (χ0v) is 24.7. The highest BCUT2D eigenvalue weighted by Gasteiger charge is 2.34. The highest BCUT2D eigenvalue weighted by atomic mass is 19.3. The summed E-state index contributed by atoms with van der Waals surface area (Å²) in [6.45, 7) is 13.7. The number of rotatable bonds is 6. The molecule has 1 fully saturated rings. The molecular weight excluding hydrogens is 557 g/mol. The van der Waals surface area contributed by atoms with Gasteiger partial charge in [-0.25, -0.2) is 27.5 Å². The number of aromatic nitrogens is 4. The molecule has 3 aromatic heterocycles. The van der Waals surface area contributed by atoms with Gasteiger partial charge in [0.15, 0.2) is 5.65 Å². The molecule has 224 valence electrons. The molecule has 4 aromatic rings. The first-order chi connectivity index (χ1) is 20.4. The molecule has 1 aromatic carbocycles. The van der Waals surface area contributed by atoms with Crippen molar-refractivity contribution in [3.05, 3.63) is 88.4 Å². The molecule has 2 atom stereocenters. The van der Waals surface area contributed by atoms with Crippen LogP contribution in [-0.2, 0) is 4.79 Å². The summed E-state index contributed by atoms with van der Waals surface area (Å²) in [4.78, 5) is 43.6. The van der Waals surface area contributed by atoms with Gasteiger partial charge in [-0.05, 0) is 50.5 Å². The normalized spacial score (nSPS) is 17.3. The number of aryl methyl sites for hydroxylation is 1. The Bertz CT molecular complexity index is 1790. The van der Waals surface area contributed by atoms with Crippen LogP contribution in [0.5, 0.6) is 0 Å². The topological polar surface area (TPSA) is 84.2 Å². The van der Waals surface area contributed by atoms with Gasteiger partial charge in [-0.1, -0.05) is 44.7 Å². The van der Waals surface area contributed by atoms with Gasteiger partial charge in [0.1, 0.15) is 17.3 Å². The van der Waals surface area contributed by atoms with E-state index >= 15 is 4.39 Å². The maximum atomic E-state index is 16.0. The Morgan fingerprint density at radius 3 is 2.49 bits per heavy atom. The molecule has 0 bridgehead atoms. The van der Waals surface area contributed by atoms with Crippen LogP contribution < -0.4 is 10.6 Å². The van der Waals surface area contributed by atoms with Gasteiger partial charge in [-0.15, -0.1) is 0 Å². The predicted octanol–water partition coefficient (Wildman–Crippen LogP) is 5.96. The molecule has 4 heterocycles. The van der Waals surface area contributed by atoms with Crippen LogP contribution in [0.4, 0.5) is 19.0 Å². The van der Waals surface area contributed by atoms with Crippen LogP contribution in [0.2, 0.25) is 0 Å². The fourth-order valence-corrected chi connectivity index (χ4v) is 5.75. The fraction of sp³-hybridized carbons (Fsp3) is 0.344. The van der Waals surface area contributed by atoms with Crippen LogP contribution >= 0.6 is 0 Å². The van der Waals surface area contributed by atoms with E-state index in [4.69, 9.17) is 0 Å². The molecule has 43 heavy (non-hydrogen) atoms. The summed E-state index contributed by atoms with van der Waals surface area (Å²) in [5.74, 6) is -0.932. The van der Waals surface area contributed by atoms with E-state index in [9.17, 15) is 18.4 Å². The van der Waals surface area contributed by atoms with E-state index in [-0.39, 0.29) is 57.6 Å². The lowest BCUT2D eigenvalue weighted by Crippen LogP contribution is -2.58. The largest absolute Gasteiger partial charge is 0.355 e. The van der Waals surface area contributed by atoms with E-state index < -0.39 is 17.9 Å². The van der Waals surface area contributed by atoms with Gasteiger partial charge in [0, 0.05) is 42.5 Å². The third-order valence-electron chi connectivity index (χ3n) is 7.89. The van der Waals surface area contributed by atoms with Crippen molar-refractivity contribution < 1.29 is 18.0 Å². The standard InChI is InChI=1S/C32H33F3N6O2/c1-7-25(42)39-15-20(6)40(16-19(39)5)30-23-14-24(33)27(21-10-8-9-11-22(21)29(34)35)37-31(23)41(32(43)38-30)28-18(4)12-13-36-26(28)17(2)3/h7-14,17,19-20,29H,1,15-16H2,2-6H3/t19-,20+/m1/s1. The van der Waals surface area contributed by atoms with Crippen molar-refractivity contribution in [3.8, 4) is 16.9 Å². The van der Waals surface area contributed by atoms with Crippen molar-refractivity contribution in [2.24, 2.45) is 0 Å². The summed E-state index contributed by atoms with van der Waals surface area (Å²) in [6, 6.07) is 8.01. The first-order valence-corrected chi connectivity index (χ1v) is 14.1. The number of alkyl halides is 2. The smallest absolute Gasteiger partial charge is 0.349 e. The van der Waals surface area contributed by atoms with Gasteiger partial charge in [0.2, 0.25) is 5.91 Å². The number of fused-ring (bicyclic) bond motifs is 1. The molecule has 5 rings (SSSR count). The van der Waals surface area contributed by atoms with Crippen molar-refractivity contribution in [3.63, 3.8) is 0 Å². The van der Waals surface area contributed by atoms with Crippen molar-refractivity contribution in [1.82, 2.24) is 24.4 Å². The minimum Gasteiger partial charge on any atom is -0.349 e. The average molecular weight is 591 g/mol. The highest BCUT2D eigenvalue weighted by Crippen LogP contribution is 2.36. The first kappa shape index (κ1) is 29.9. The number of amides is 1. The second-order valence-electron chi connectivity index (χ2n) is 11.2. The molecule has 8 nitrogen and oxygen atoms in total. The maximum Gasteiger partial charge on any atom is 0.355 e. The molecule has 1 amide bonds. The van der Waals surface area contributed by atoms with E-state index in [2.05, 4.69) is 21.5 Å². The van der Waals surface area contributed by atoms with Crippen LogP contribution in [0.15, 0.2) is 60.0 Å². The fourth-order valence-electron chi connectivity index (χ4n) is 5.75. The maximum absolute atomic E-state index is 16.0. The van der Waals surface area contributed by atoms with Crippen LogP contribution in [0, 0.1) is 12.7 Å². The lowest BCUT2D eigenvalue weighted by atomic mass is 10.0. The van der Waals surface area contributed by atoms with Gasteiger partial charge >= 0.3 is 5.69 Å². The number of halogens is 3. The van der Waals surface area contributed by atoms with E-state index in [1.54, 1.807) is 17.2 Å². The number of anilines is 1.